The van der Waals surface area contributed by atoms with Crippen LogP contribution < -0.4 is 5.73 Å². The average molecular weight is 254 g/mol. The first kappa shape index (κ1) is 14.5. The Bertz CT molecular complexity index is 367. The van der Waals surface area contributed by atoms with Crippen molar-refractivity contribution < 1.29 is 0 Å². The van der Waals surface area contributed by atoms with E-state index in [9.17, 15) is 0 Å². The standard InChI is InChI=1S/C15H24ClN/c1-10-8-12(15(3,4)5)9-11(2)14(10)13(17)6-7-16/h8-9,13H,6-7,17H2,1-5H3. The quantitative estimate of drug-likeness (QED) is 0.802. The van der Waals surface area contributed by atoms with Crippen LogP contribution in [0.5, 0.6) is 0 Å². The van der Waals surface area contributed by atoms with Crippen LogP contribution in [0.15, 0.2) is 12.1 Å². The van der Waals surface area contributed by atoms with E-state index < -0.39 is 0 Å². The van der Waals surface area contributed by atoms with Gasteiger partial charge in [0.25, 0.3) is 0 Å². The molecular weight excluding hydrogens is 230 g/mol. The molecule has 17 heavy (non-hydrogen) atoms. The summed E-state index contributed by atoms with van der Waals surface area (Å²) in [7, 11) is 0. The Morgan fingerprint density at radius 2 is 1.65 bits per heavy atom. The molecule has 0 aliphatic rings. The fourth-order valence-electron chi connectivity index (χ4n) is 2.25. The maximum Gasteiger partial charge on any atom is 0.0311 e. The molecule has 0 bridgehead atoms. The summed E-state index contributed by atoms with van der Waals surface area (Å²) in [4.78, 5) is 0. The Balaban J connectivity index is 3.20. The molecule has 0 aromatic heterocycles. The van der Waals surface area contributed by atoms with Gasteiger partial charge in [-0.2, -0.15) is 0 Å². The second-order valence-electron chi connectivity index (χ2n) is 5.86. The van der Waals surface area contributed by atoms with Crippen molar-refractivity contribution in [3.8, 4) is 0 Å². The molecule has 2 N–H and O–H groups in total. The Morgan fingerprint density at radius 1 is 1.18 bits per heavy atom. The van der Waals surface area contributed by atoms with Crippen LogP contribution in [0.3, 0.4) is 0 Å². The van der Waals surface area contributed by atoms with Gasteiger partial charge >= 0.3 is 0 Å². The van der Waals surface area contributed by atoms with E-state index >= 15 is 0 Å². The lowest BCUT2D eigenvalue weighted by molar-refractivity contribution is 0.587. The van der Waals surface area contributed by atoms with E-state index in [1.165, 1.54) is 22.3 Å². The van der Waals surface area contributed by atoms with Crippen LogP contribution in [0.25, 0.3) is 0 Å². The third-order valence-electron chi connectivity index (χ3n) is 3.25. The smallest absolute Gasteiger partial charge is 0.0311 e. The summed E-state index contributed by atoms with van der Waals surface area (Å²) in [6, 6.07) is 4.58. The molecule has 1 nitrogen and oxygen atoms in total. The van der Waals surface area contributed by atoms with Crippen molar-refractivity contribution in [1.82, 2.24) is 0 Å². The average Bonchev–Trinajstić information content (AvgIpc) is 2.15. The first-order chi connectivity index (χ1) is 7.77. The predicted octanol–water partition coefficient (Wildman–Crippen LogP) is 4.23. The van der Waals surface area contributed by atoms with Crippen molar-refractivity contribution in [2.45, 2.75) is 52.5 Å². The molecule has 0 aliphatic heterocycles. The number of nitrogens with two attached hydrogens (primary N) is 1. The number of hydrogen-bond donors (Lipinski definition) is 1. The van der Waals surface area contributed by atoms with Crippen molar-refractivity contribution >= 4 is 11.6 Å². The molecular formula is C15H24ClN. The molecule has 1 aromatic rings. The first-order valence-corrected chi connectivity index (χ1v) is 6.74. The number of halogens is 1. The summed E-state index contributed by atoms with van der Waals surface area (Å²) in [5.41, 5.74) is 11.6. The zero-order chi connectivity index (χ0) is 13.2. The number of rotatable bonds is 3. The van der Waals surface area contributed by atoms with Crippen LogP contribution in [0, 0.1) is 13.8 Å². The van der Waals surface area contributed by atoms with Gasteiger partial charge in [0.15, 0.2) is 0 Å². The molecule has 0 fully saturated rings. The fraction of sp³-hybridized carbons (Fsp3) is 0.600. The highest BCUT2D eigenvalue weighted by Gasteiger charge is 2.18. The second-order valence-corrected chi connectivity index (χ2v) is 6.24. The van der Waals surface area contributed by atoms with E-state index in [1.54, 1.807) is 0 Å². The summed E-state index contributed by atoms with van der Waals surface area (Å²) >= 11 is 5.77. The van der Waals surface area contributed by atoms with Crippen LogP contribution in [-0.4, -0.2) is 5.88 Å². The maximum absolute atomic E-state index is 6.18. The van der Waals surface area contributed by atoms with Gasteiger partial charge in [-0.25, -0.2) is 0 Å². The summed E-state index contributed by atoms with van der Waals surface area (Å²) in [6.45, 7) is 11.0. The number of hydrogen-bond acceptors (Lipinski definition) is 1. The Hall–Kier alpha value is -0.530. The zero-order valence-corrected chi connectivity index (χ0v) is 12.4. The molecule has 1 aromatic carbocycles. The molecule has 2 heteroatoms. The minimum absolute atomic E-state index is 0.0570. The minimum Gasteiger partial charge on any atom is -0.324 e. The summed E-state index contributed by atoms with van der Waals surface area (Å²) in [5.74, 6) is 0.612. The van der Waals surface area contributed by atoms with Gasteiger partial charge in [-0.1, -0.05) is 32.9 Å². The normalized spacial score (nSPS) is 13.8. The molecule has 0 amide bonds. The number of alkyl halides is 1. The zero-order valence-electron chi connectivity index (χ0n) is 11.6. The predicted molar refractivity (Wildman–Crippen MR) is 76.9 cm³/mol. The Kier molecular flexibility index (Phi) is 4.62. The van der Waals surface area contributed by atoms with Gasteiger partial charge < -0.3 is 5.73 Å². The SMILES string of the molecule is Cc1cc(C(C)(C)C)cc(C)c1C(N)CCCl. The Labute approximate surface area is 110 Å². The van der Waals surface area contributed by atoms with Gasteiger partial charge in [0.05, 0.1) is 0 Å². The van der Waals surface area contributed by atoms with E-state index in [0.717, 1.165) is 6.42 Å². The van der Waals surface area contributed by atoms with Crippen molar-refractivity contribution in [2.75, 3.05) is 5.88 Å². The van der Waals surface area contributed by atoms with Crippen LogP contribution >= 0.6 is 11.6 Å². The fourth-order valence-corrected chi connectivity index (χ4v) is 2.49. The third-order valence-corrected chi connectivity index (χ3v) is 3.47. The molecule has 0 aliphatic carbocycles. The lowest BCUT2D eigenvalue weighted by Crippen LogP contribution is -2.17. The van der Waals surface area contributed by atoms with Crippen LogP contribution in [-0.2, 0) is 5.41 Å². The van der Waals surface area contributed by atoms with Gasteiger partial charge in [0.2, 0.25) is 0 Å². The molecule has 1 rings (SSSR count). The van der Waals surface area contributed by atoms with Crippen molar-refractivity contribution in [3.05, 3.63) is 34.4 Å². The van der Waals surface area contributed by atoms with E-state index in [1.807, 2.05) is 0 Å². The molecule has 0 heterocycles. The Morgan fingerprint density at radius 3 is 2.00 bits per heavy atom. The molecule has 96 valence electrons. The number of aryl methyl sites for hydroxylation is 2. The lowest BCUT2D eigenvalue weighted by Gasteiger charge is -2.24. The van der Waals surface area contributed by atoms with Gasteiger partial charge in [-0.15, -0.1) is 11.6 Å². The number of benzene rings is 1. The van der Waals surface area contributed by atoms with Crippen LogP contribution in [0.2, 0.25) is 0 Å². The largest absolute Gasteiger partial charge is 0.324 e. The maximum atomic E-state index is 6.18. The van der Waals surface area contributed by atoms with Crippen molar-refractivity contribution in [2.24, 2.45) is 5.73 Å². The van der Waals surface area contributed by atoms with Gasteiger partial charge in [0.1, 0.15) is 0 Å². The second kappa shape index (κ2) is 5.41. The monoisotopic (exact) mass is 253 g/mol. The topological polar surface area (TPSA) is 26.0 Å². The highest BCUT2D eigenvalue weighted by Crippen LogP contribution is 2.30. The molecule has 0 saturated carbocycles. The molecule has 0 radical (unpaired) electrons. The summed E-state index contributed by atoms with van der Waals surface area (Å²) < 4.78 is 0. The van der Waals surface area contributed by atoms with Crippen molar-refractivity contribution in [1.29, 1.82) is 0 Å². The highest BCUT2D eigenvalue weighted by atomic mass is 35.5. The van der Waals surface area contributed by atoms with Crippen LogP contribution in [0.4, 0.5) is 0 Å². The van der Waals surface area contributed by atoms with Gasteiger partial charge in [-0.05, 0) is 47.9 Å². The lowest BCUT2D eigenvalue weighted by atomic mass is 9.82. The van der Waals surface area contributed by atoms with Gasteiger partial charge in [-0.3, -0.25) is 0 Å². The minimum atomic E-state index is 0.0570. The van der Waals surface area contributed by atoms with E-state index in [2.05, 4.69) is 46.8 Å². The van der Waals surface area contributed by atoms with E-state index in [0.29, 0.717) is 5.88 Å². The van der Waals surface area contributed by atoms with Crippen molar-refractivity contribution in [3.63, 3.8) is 0 Å². The molecule has 1 atom stereocenters. The van der Waals surface area contributed by atoms with Gasteiger partial charge in [0, 0.05) is 11.9 Å². The van der Waals surface area contributed by atoms with Crippen LogP contribution in [0.1, 0.15) is 55.5 Å². The van der Waals surface area contributed by atoms with E-state index in [4.69, 9.17) is 17.3 Å². The first-order valence-electron chi connectivity index (χ1n) is 6.20. The highest BCUT2D eigenvalue weighted by molar-refractivity contribution is 6.17. The third kappa shape index (κ3) is 3.46. The molecule has 0 saturated heterocycles. The summed E-state index contributed by atoms with van der Waals surface area (Å²) in [6.07, 6.45) is 0.831. The molecule has 1 unspecified atom stereocenters. The van der Waals surface area contributed by atoms with E-state index in [-0.39, 0.29) is 11.5 Å². The summed E-state index contributed by atoms with van der Waals surface area (Å²) in [5, 5.41) is 0. The molecule has 0 spiro atoms.